The Morgan fingerprint density at radius 1 is 1.16 bits per heavy atom. The summed E-state index contributed by atoms with van der Waals surface area (Å²) in [4.78, 5) is 27.9. The van der Waals surface area contributed by atoms with E-state index < -0.39 is 45.6 Å². The van der Waals surface area contributed by atoms with Crippen molar-refractivity contribution >= 4 is 39.2 Å². The molecule has 5 rings (SSSR count). The zero-order chi connectivity index (χ0) is 31.4. The number of halogens is 1. The van der Waals surface area contributed by atoms with Crippen LogP contribution in [0, 0.1) is 17.8 Å². The van der Waals surface area contributed by atoms with Gasteiger partial charge in [0.2, 0.25) is 10.0 Å². The van der Waals surface area contributed by atoms with Crippen LogP contribution < -0.4 is 14.4 Å². The number of hydrogen-bond acceptors (Lipinski definition) is 8. The van der Waals surface area contributed by atoms with E-state index in [0.29, 0.717) is 42.6 Å². The monoisotopic (exact) mass is 644 g/mol. The van der Waals surface area contributed by atoms with Crippen LogP contribution in [0.5, 0.6) is 5.75 Å². The number of hydrogen-bond donors (Lipinski definition) is 2. The highest BCUT2D eigenvalue weighted by Gasteiger charge is 2.38. The molecule has 0 saturated heterocycles. The summed E-state index contributed by atoms with van der Waals surface area (Å²) in [5.41, 5.74) is 3.05. The molecule has 238 valence electrons. The van der Waals surface area contributed by atoms with Crippen molar-refractivity contribution in [1.29, 1.82) is 0 Å². The minimum absolute atomic E-state index is 0.0597. The van der Waals surface area contributed by atoms with Crippen LogP contribution in [0.15, 0.2) is 48.6 Å². The summed E-state index contributed by atoms with van der Waals surface area (Å²) in [6.07, 6.45) is 7.28. The molecule has 0 radical (unpaired) electrons. The second kappa shape index (κ2) is 13.9. The van der Waals surface area contributed by atoms with Crippen molar-refractivity contribution in [2.45, 2.75) is 69.8 Å². The number of aryl methyl sites for hydroxylation is 1. The van der Waals surface area contributed by atoms with Crippen LogP contribution in [0.3, 0.4) is 0 Å². The Labute approximate surface area is 264 Å². The van der Waals surface area contributed by atoms with Gasteiger partial charge in [-0.2, -0.15) is 0 Å². The maximum Gasteiger partial charge on any atom is 0.306 e. The van der Waals surface area contributed by atoms with Crippen molar-refractivity contribution in [2.24, 2.45) is 17.8 Å². The zero-order valence-electron chi connectivity index (χ0n) is 25.2. The third kappa shape index (κ3) is 7.41. The molecule has 0 spiro atoms. The van der Waals surface area contributed by atoms with E-state index in [1.165, 1.54) is 7.11 Å². The number of carbonyl (C=O) groups excluding carboxylic acids is 2. The summed E-state index contributed by atoms with van der Waals surface area (Å²) in [5.74, 6) is -1.10. The largest absolute Gasteiger partial charge is 0.487 e. The number of nitrogens with one attached hydrogen (secondary N) is 1. The Hall–Kier alpha value is -3.08. The van der Waals surface area contributed by atoms with Gasteiger partial charge in [-0.25, -0.2) is 13.1 Å². The Kier molecular flexibility index (Phi) is 10.2. The molecule has 2 aromatic carbocycles. The van der Waals surface area contributed by atoms with Crippen LogP contribution in [0.4, 0.5) is 5.69 Å². The summed E-state index contributed by atoms with van der Waals surface area (Å²) < 4.78 is 40.4. The van der Waals surface area contributed by atoms with Crippen molar-refractivity contribution in [2.75, 3.05) is 25.1 Å². The van der Waals surface area contributed by atoms with E-state index in [0.717, 1.165) is 43.2 Å². The van der Waals surface area contributed by atoms with Gasteiger partial charge >= 0.3 is 5.97 Å². The van der Waals surface area contributed by atoms with Crippen LogP contribution in [-0.4, -0.2) is 57.0 Å². The fourth-order valence-corrected chi connectivity index (χ4v) is 8.29. The second-order valence-electron chi connectivity index (χ2n) is 12.2. The summed E-state index contributed by atoms with van der Waals surface area (Å²) in [6, 6.07) is 10.8. The molecule has 0 aromatic heterocycles. The predicted molar refractivity (Wildman–Crippen MR) is 169 cm³/mol. The van der Waals surface area contributed by atoms with Crippen molar-refractivity contribution in [1.82, 2.24) is 4.72 Å². The van der Waals surface area contributed by atoms with Crippen LogP contribution in [0.25, 0.3) is 0 Å². The summed E-state index contributed by atoms with van der Waals surface area (Å²) >= 11 is 6.30. The van der Waals surface area contributed by atoms with E-state index in [1.807, 2.05) is 18.2 Å². The predicted octanol–water partition coefficient (Wildman–Crippen LogP) is 5.04. The number of sulfonamides is 1. The Morgan fingerprint density at radius 3 is 2.73 bits per heavy atom. The number of ether oxygens (including phenoxy) is 2. The van der Waals surface area contributed by atoms with Crippen LogP contribution in [0.1, 0.15) is 66.9 Å². The zero-order valence-corrected chi connectivity index (χ0v) is 26.8. The molecule has 1 saturated carbocycles. The number of aliphatic hydroxyl groups is 1. The molecule has 44 heavy (non-hydrogen) atoms. The molecular formula is C33H41ClN2O7S. The molecule has 1 fully saturated rings. The molecule has 1 aliphatic carbocycles. The van der Waals surface area contributed by atoms with Crippen molar-refractivity contribution in [3.05, 3.63) is 70.3 Å². The van der Waals surface area contributed by atoms with E-state index in [1.54, 1.807) is 37.3 Å². The molecule has 2 heterocycles. The Balaban J connectivity index is 1.54. The third-order valence-corrected chi connectivity index (χ3v) is 11.4. The first-order valence-corrected chi connectivity index (χ1v) is 17.2. The molecule has 9 nitrogen and oxygen atoms in total. The van der Waals surface area contributed by atoms with Gasteiger partial charge in [-0.1, -0.05) is 36.7 Å². The normalized spacial score (nSPS) is 28.0. The van der Waals surface area contributed by atoms with Crippen LogP contribution in [0.2, 0.25) is 5.02 Å². The van der Waals surface area contributed by atoms with E-state index >= 15 is 0 Å². The van der Waals surface area contributed by atoms with Gasteiger partial charge in [-0.3, -0.25) is 9.59 Å². The summed E-state index contributed by atoms with van der Waals surface area (Å²) in [5, 5.41) is 10.6. The Bertz CT molecular complexity index is 1510. The maximum atomic E-state index is 13.5. The average molecular weight is 645 g/mol. The fraction of sp³-hybridized carbons (Fsp3) is 0.515. The minimum Gasteiger partial charge on any atom is -0.487 e. The van der Waals surface area contributed by atoms with Crippen molar-refractivity contribution in [3.8, 4) is 5.75 Å². The number of rotatable bonds is 2. The van der Waals surface area contributed by atoms with Gasteiger partial charge < -0.3 is 19.5 Å². The number of amides is 1. The van der Waals surface area contributed by atoms with E-state index in [2.05, 4.69) is 9.62 Å². The highest BCUT2D eigenvalue weighted by Crippen LogP contribution is 2.41. The number of carbonyl (C=O) groups is 2. The van der Waals surface area contributed by atoms with Gasteiger partial charge in [-0.05, 0) is 97.7 Å². The quantitative estimate of drug-likeness (QED) is 0.345. The number of nitrogens with zero attached hydrogens (tertiary/aromatic N) is 1. The second-order valence-corrected chi connectivity index (χ2v) is 14.6. The lowest BCUT2D eigenvalue weighted by Crippen LogP contribution is -2.44. The van der Waals surface area contributed by atoms with Crippen LogP contribution in [-0.2, 0) is 32.6 Å². The summed E-state index contributed by atoms with van der Waals surface area (Å²) in [7, 11) is -3.08. The van der Waals surface area contributed by atoms with Crippen molar-refractivity contribution in [3.63, 3.8) is 0 Å². The molecule has 0 unspecified atom stereocenters. The summed E-state index contributed by atoms with van der Waals surface area (Å²) in [6.45, 7) is 3.40. The molecule has 2 aromatic rings. The highest BCUT2D eigenvalue weighted by atomic mass is 35.5. The third-order valence-electron chi connectivity index (χ3n) is 9.31. The van der Waals surface area contributed by atoms with E-state index in [9.17, 15) is 23.1 Å². The molecule has 11 heteroatoms. The first kappa shape index (κ1) is 32.3. The minimum atomic E-state index is -4.28. The standard InChI is InChI=1S/C33H41ClN2O7S/c1-21-6-5-8-29(37)27-13-10-24(27)19-36-15-4-3-7-22-16-26(34)12-9-25(22)20-43-30-14-11-23(17-28(30)36)33(39)35-44(40,41)31(21)18-32(38)42-2/h5,8-9,11-12,14,16-17,21,24,27,29,31,37H,3-4,6-7,10,13,15,18-20H2,1-2H3,(H,35,39)/b8-5+/t21-,24+,27-,29+,31+/m1/s1. The fourth-order valence-electron chi connectivity index (χ4n) is 6.49. The molecular weight excluding hydrogens is 604 g/mol. The van der Waals surface area contributed by atoms with Crippen molar-refractivity contribution < 1.29 is 32.6 Å². The van der Waals surface area contributed by atoms with Gasteiger partial charge in [0, 0.05) is 23.7 Å². The van der Waals surface area contributed by atoms with E-state index in [4.69, 9.17) is 21.1 Å². The van der Waals surface area contributed by atoms with Crippen LogP contribution >= 0.6 is 11.6 Å². The number of benzene rings is 2. The van der Waals surface area contributed by atoms with E-state index in [-0.39, 0.29) is 17.4 Å². The molecule has 2 aliphatic heterocycles. The average Bonchev–Trinajstić information content (AvgIpc) is 3.00. The van der Waals surface area contributed by atoms with Gasteiger partial charge in [0.1, 0.15) is 12.4 Å². The first-order chi connectivity index (χ1) is 21.1. The van der Waals surface area contributed by atoms with Gasteiger partial charge in [-0.15, -0.1) is 0 Å². The smallest absolute Gasteiger partial charge is 0.306 e. The molecule has 5 atom stereocenters. The number of aliphatic hydroxyl groups excluding tert-OH is 1. The lowest BCUT2D eigenvalue weighted by molar-refractivity contribution is -0.140. The topological polar surface area (TPSA) is 122 Å². The molecule has 1 amide bonds. The first-order valence-electron chi connectivity index (χ1n) is 15.3. The molecule has 2 bridgehead atoms. The SMILES string of the molecule is COC(=O)C[C@H]1[C@H](C)C/C=C/[C@H](O)[C@@H]2CC[C@H]2CN2CCCCc3cc(Cl)ccc3COc3ccc(cc32)C(=O)NS1(=O)=O. The molecule has 2 N–H and O–H groups in total. The number of methoxy groups -OCH3 is 1. The maximum absolute atomic E-state index is 13.5. The number of fused-ring (bicyclic) bond motifs is 3. The number of anilines is 1. The Morgan fingerprint density at radius 2 is 1.98 bits per heavy atom. The van der Waals surface area contributed by atoms with Gasteiger partial charge in [0.05, 0.1) is 30.6 Å². The number of esters is 1. The molecule has 3 aliphatic rings. The lowest BCUT2D eigenvalue weighted by atomic mass is 9.70. The lowest BCUT2D eigenvalue weighted by Gasteiger charge is -2.42. The van der Waals surface area contributed by atoms with Gasteiger partial charge in [0.25, 0.3) is 5.91 Å². The number of allylic oxidation sites excluding steroid dienone is 1. The van der Waals surface area contributed by atoms with Gasteiger partial charge in [0.15, 0.2) is 0 Å². The highest BCUT2D eigenvalue weighted by molar-refractivity contribution is 7.90.